The highest BCUT2D eigenvalue weighted by molar-refractivity contribution is 5.31. The number of aliphatic hydroxyl groups excluding tert-OH is 1. The summed E-state index contributed by atoms with van der Waals surface area (Å²) in [4.78, 5) is 0. The largest absolute Gasteiger partial charge is 0.384 e. The van der Waals surface area contributed by atoms with Crippen molar-refractivity contribution >= 4 is 0 Å². The van der Waals surface area contributed by atoms with Gasteiger partial charge in [-0.15, -0.1) is 0 Å². The van der Waals surface area contributed by atoms with Gasteiger partial charge in [0.25, 0.3) is 0 Å². The molecule has 0 spiro atoms. The van der Waals surface area contributed by atoms with Gasteiger partial charge in [-0.05, 0) is 29.0 Å². The Labute approximate surface area is 109 Å². The van der Waals surface area contributed by atoms with Crippen LogP contribution in [0.5, 0.6) is 0 Å². The highest BCUT2D eigenvalue weighted by atomic mass is 16.3. The van der Waals surface area contributed by atoms with Crippen LogP contribution in [0.1, 0.15) is 36.6 Å². The Balaban J connectivity index is 2.14. The zero-order valence-corrected chi connectivity index (χ0v) is 11.0. The van der Waals surface area contributed by atoms with Crippen molar-refractivity contribution in [1.82, 2.24) is 0 Å². The number of benzene rings is 2. The maximum Gasteiger partial charge on any atom is 0.104 e. The van der Waals surface area contributed by atoms with Gasteiger partial charge < -0.3 is 5.11 Å². The van der Waals surface area contributed by atoms with Crippen molar-refractivity contribution in [1.29, 1.82) is 0 Å². The first-order chi connectivity index (χ1) is 8.66. The highest BCUT2D eigenvalue weighted by Crippen LogP contribution is 2.22. The minimum atomic E-state index is -0.528. The van der Waals surface area contributed by atoms with Gasteiger partial charge in [0.05, 0.1) is 0 Å². The first-order valence-electron chi connectivity index (χ1n) is 6.48. The number of rotatable bonds is 4. The van der Waals surface area contributed by atoms with Crippen molar-refractivity contribution in [3.05, 3.63) is 71.3 Å². The fourth-order valence-corrected chi connectivity index (χ4v) is 2.14. The molecule has 1 nitrogen and oxygen atoms in total. The van der Waals surface area contributed by atoms with Crippen molar-refractivity contribution in [2.75, 3.05) is 0 Å². The van der Waals surface area contributed by atoms with Crippen LogP contribution >= 0.6 is 0 Å². The third kappa shape index (κ3) is 3.21. The molecule has 1 unspecified atom stereocenters. The van der Waals surface area contributed by atoms with Crippen molar-refractivity contribution < 1.29 is 5.11 Å². The van der Waals surface area contributed by atoms with E-state index < -0.39 is 6.10 Å². The lowest BCUT2D eigenvalue weighted by Crippen LogP contribution is -2.00. The van der Waals surface area contributed by atoms with Crippen LogP contribution in [-0.4, -0.2) is 5.11 Å². The molecule has 1 heteroatoms. The Morgan fingerprint density at radius 1 is 0.833 bits per heavy atom. The van der Waals surface area contributed by atoms with E-state index in [4.69, 9.17) is 0 Å². The molecule has 0 saturated carbocycles. The molecule has 1 N–H and O–H groups in total. The second kappa shape index (κ2) is 5.83. The third-order valence-corrected chi connectivity index (χ3v) is 3.05. The van der Waals surface area contributed by atoms with E-state index in [-0.39, 0.29) is 0 Å². The quantitative estimate of drug-likeness (QED) is 0.857. The normalized spacial score (nSPS) is 12.7. The Morgan fingerprint density at radius 2 is 1.39 bits per heavy atom. The molecule has 2 aromatic carbocycles. The van der Waals surface area contributed by atoms with Crippen LogP contribution in [-0.2, 0) is 6.42 Å². The van der Waals surface area contributed by atoms with Crippen LogP contribution in [0.25, 0.3) is 0 Å². The predicted molar refractivity (Wildman–Crippen MR) is 75.5 cm³/mol. The summed E-state index contributed by atoms with van der Waals surface area (Å²) in [7, 11) is 0. The summed E-state index contributed by atoms with van der Waals surface area (Å²) in [6.45, 7) is 4.43. The zero-order chi connectivity index (χ0) is 13.0. The molecule has 0 amide bonds. The standard InChI is InChI=1S/C17H20O/c1-13(2)12-14-8-10-16(11-9-14)17(18)15-6-4-3-5-7-15/h3-11,13,17-18H,12H2,1-2H3. The van der Waals surface area contributed by atoms with Gasteiger partial charge in [-0.2, -0.15) is 0 Å². The van der Waals surface area contributed by atoms with Crippen molar-refractivity contribution in [2.24, 2.45) is 5.92 Å². The molecule has 0 saturated heterocycles. The summed E-state index contributed by atoms with van der Waals surface area (Å²) in [5.74, 6) is 0.662. The molecule has 0 fully saturated rings. The third-order valence-electron chi connectivity index (χ3n) is 3.05. The molecule has 1 atom stereocenters. The molecule has 94 valence electrons. The Hall–Kier alpha value is -1.60. The average molecular weight is 240 g/mol. The van der Waals surface area contributed by atoms with Gasteiger partial charge >= 0.3 is 0 Å². The second-order valence-electron chi connectivity index (χ2n) is 5.15. The number of hydrogen-bond donors (Lipinski definition) is 1. The Bertz CT molecular complexity index is 471. The lowest BCUT2D eigenvalue weighted by atomic mass is 9.97. The Kier molecular flexibility index (Phi) is 4.16. The minimum Gasteiger partial charge on any atom is -0.384 e. The van der Waals surface area contributed by atoms with E-state index in [9.17, 15) is 5.11 Å². The van der Waals surface area contributed by atoms with Crippen LogP contribution in [0.15, 0.2) is 54.6 Å². The molecule has 0 aromatic heterocycles. The predicted octanol–water partition coefficient (Wildman–Crippen LogP) is 3.97. The maximum absolute atomic E-state index is 10.3. The number of hydrogen-bond acceptors (Lipinski definition) is 1. The fraction of sp³-hybridized carbons (Fsp3) is 0.294. The molecule has 0 bridgehead atoms. The summed E-state index contributed by atoms with van der Waals surface area (Å²) in [5, 5.41) is 10.3. The van der Waals surface area contributed by atoms with Gasteiger partial charge in [-0.25, -0.2) is 0 Å². The van der Waals surface area contributed by atoms with Gasteiger partial charge in [-0.1, -0.05) is 68.4 Å². The maximum atomic E-state index is 10.3. The van der Waals surface area contributed by atoms with E-state index in [0.717, 1.165) is 17.5 Å². The van der Waals surface area contributed by atoms with E-state index >= 15 is 0 Å². The molecule has 0 aliphatic heterocycles. The van der Waals surface area contributed by atoms with Crippen molar-refractivity contribution in [3.8, 4) is 0 Å². The topological polar surface area (TPSA) is 20.2 Å². The first kappa shape index (κ1) is 12.8. The van der Waals surface area contributed by atoms with Crippen LogP contribution in [0.2, 0.25) is 0 Å². The van der Waals surface area contributed by atoms with Gasteiger partial charge in [-0.3, -0.25) is 0 Å². The molecule has 2 rings (SSSR count). The van der Waals surface area contributed by atoms with Crippen LogP contribution in [0.3, 0.4) is 0 Å². The zero-order valence-electron chi connectivity index (χ0n) is 11.0. The molecule has 2 aromatic rings. The highest BCUT2D eigenvalue weighted by Gasteiger charge is 2.09. The summed E-state index contributed by atoms with van der Waals surface area (Å²) in [6, 6.07) is 18.0. The van der Waals surface area contributed by atoms with E-state index in [0.29, 0.717) is 5.92 Å². The molecular weight excluding hydrogens is 220 g/mol. The SMILES string of the molecule is CC(C)Cc1ccc(C(O)c2ccccc2)cc1. The summed E-state index contributed by atoms with van der Waals surface area (Å²) < 4.78 is 0. The molecule has 18 heavy (non-hydrogen) atoms. The van der Waals surface area contributed by atoms with Gasteiger partial charge in [0, 0.05) is 0 Å². The van der Waals surface area contributed by atoms with Gasteiger partial charge in [0.2, 0.25) is 0 Å². The molecule has 0 radical (unpaired) electrons. The molecular formula is C17H20O. The Morgan fingerprint density at radius 3 is 1.94 bits per heavy atom. The van der Waals surface area contributed by atoms with Gasteiger partial charge in [0.15, 0.2) is 0 Å². The van der Waals surface area contributed by atoms with Crippen LogP contribution < -0.4 is 0 Å². The van der Waals surface area contributed by atoms with Crippen LogP contribution in [0, 0.1) is 5.92 Å². The van der Waals surface area contributed by atoms with Crippen molar-refractivity contribution in [2.45, 2.75) is 26.4 Å². The van der Waals surface area contributed by atoms with Crippen molar-refractivity contribution in [3.63, 3.8) is 0 Å². The summed E-state index contributed by atoms with van der Waals surface area (Å²) >= 11 is 0. The monoisotopic (exact) mass is 240 g/mol. The van der Waals surface area contributed by atoms with E-state index in [1.165, 1.54) is 5.56 Å². The first-order valence-corrected chi connectivity index (χ1v) is 6.48. The van der Waals surface area contributed by atoms with E-state index in [1.54, 1.807) is 0 Å². The van der Waals surface area contributed by atoms with Crippen LogP contribution in [0.4, 0.5) is 0 Å². The smallest absolute Gasteiger partial charge is 0.104 e. The molecule has 0 heterocycles. The lowest BCUT2D eigenvalue weighted by molar-refractivity contribution is 0.220. The second-order valence-corrected chi connectivity index (χ2v) is 5.15. The lowest BCUT2D eigenvalue weighted by Gasteiger charge is -2.12. The fourth-order valence-electron chi connectivity index (χ4n) is 2.14. The number of aliphatic hydroxyl groups is 1. The summed E-state index contributed by atoms with van der Waals surface area (Å²) in [6.07, 6.45) is 0.557. The minimum absolute atomic E-state index is 0.528. The van der Waals surface area contributed by atoms with E-state index in [1.807, 2.05) is 42.5 Å². The average Bonchev–Trinajstić information content (AvgIpc) is 2.39. The van der Waals surface area contributed by atoms with E-state index in [2.05, 4.69) is 26.0 Å². The summed E-state index contributed by atoms with van der Waals surface area (Å²) in [5.41, 5.74) is 3.22. The van der Waals surface area contributed by atoms with Gasteiger partial charge in [0.1, 0.15) is 6.10 Å². The molecule has 0 aliphatic rings. The molecule has 0 aliphatic carbocycles.